The number of hydrogen-bond acceptors (Lipinski definition) is 5. The van der Waals surface area contributed by atoms with Crippen molar-refractivity contribution in [1.29, 1.82) is 0 Å². The molecule has 0 unspecified atom stereocenters. The molecule has 0 atom stereocenters. The first kappa shape index (κ1) is 21.3. The average Bonchev–Trinajstić information content (AvgIpc) is 2.47. The van der Waals surface area contributed by atoms with E-state index in [0.29, 0.717) is 23.8 Å². The van der Waals surface area contributed by atoms with E-state index in [4.69, 9.17) is 11.6 Å². The zero-order chi connectivity index (χ0) is 18.3. The van der Waals surface area contributed by atoms with Gasteiger partial charge in [-0.05, 0) is 72.7 Å². The molecular formula is C16H29ClN4O2S. The van der Waals surface area contributed by atoms with Gasteiger partial charge < -0.3 is 9.80 Å². The number of halogens is 1. The van der Waals surface area contributed by atoms with E-state index in [-0.39, 0.29) is 4.90 Å². The molecule has 24 heavy (non-hydrogen) atoms. The summed E-state index contributed by atoms with van der Waals surface area (Å²) in [5.74, 6) is 0. The quantitative estimate of drug-likeness (QED) is 0.584. The average molecular weight is 377 g/mol. The van der Waals surface area contributed by atoms with Gasteiger partial charge in [0.05, 0.1) is 0 Å². The lowest BCUT2D eigenvalue weighted by molar-refractivity contribution is 0.326. The van der Waals surface area contributed by atoms with E-state index in [0.717, 1.165) is 25.9 Å². The molecule has 0 saturated heterocycles. The lowest BCUT2D eigenvalue weighted by Crippen LogP contribution is -2.35. The van der Waals surface area contributed by atoms with Crippen molar-refractivity contribution in [1.82, 2.24) is 19.1 Å². The van der Waals surface area contributed by atoms with Crippen LogP contribution in [0.2, 0.25) is 5.15 Å². The predicted molar refractivity (Wildman–Crippen MR) is 99.1 cm³/mol. The van der Waals surface area contributed by atoms with Gasteiger partial charge in [-0.2, -0.15) is 4.31 Å². The second kappa shape index (κ2) is 9.68. The first-order chi connectivity index (χ1) is 11.1. The highest BCUT2D eigenvalue weighted by Crippen LogP contribution is 2.20. The van der Waals surface area contributed by atoms with Crippen LogP contribution in [0, 0.1) is 6.92 Å². The van der Waals surface area contributed by atoms with Gasteiger partial charge in [-0.3, -0.25) is 0 Å². The Kier molecular flexibility index (Phi) is 8.59. The number of rotatable bonds is 10. The summed E-state index contributed by atoms with van der Waals surface area (Å²) in [7, 11) is 4.37. The molecule has 1 heterocycles. The molecule has 1 aromatic heterocycles. The molecule has 0 bridgehead atoms. The van der Waals surface area contributed by atoms with Crippen molar-refractivity contribution >= 4 is 21.6 Å². The second-order valence-corrected chi connectivity index (χ2v) is 8.79. The topological polar surface area (TPSA) is 56.8 Å². The highest BCUT2D eigenvalue weighted by atomic mass is 35.5. The molecule has 0 aliphatic rings. The Bertz CT molecular complexity index is 607. The van der Waals surface area contributed by atoms with Crippen LogP contribution in [0.15, 0.2) is 17.2 Å². The van der Waals surface area contributed by atoms with E-state index in [9.17, 15) is 8.42 Å². The monoisotopic (exact) mass is 376 g/mol. The number of aromatic nitrogens is 1. The van der Waals surface area contributed by atoms with Crippen LogP contribution < -0.4 is 0 Å². The molecule has 138 valence electrons. The van der Waals surface area contributed by atoms with E-state index < -0.39 is 10.0 Å². The van der Waals surface area contributed by atoms with Crippen LogP contribution in [0.25, 0.3) is 0 Å². The molecule has 6 nitrogen and oxygen atoms in total. The molecule has 1 rings (SSSR count). The van der Waals surface area contributed by atoms with Crippen LogP contribution in [0.5, 0.6) is 0 Å². The maximum atomic E-state index is 13.0. The first-order valence-electron chi connectivity index (χ1n) is 8.06. The molecule has 8 heteroatoms. The zero-order valence-electron chi connectivity index (χ0n) is 15.3. The van der Waals surface area contributed by atoms with Crippen molar-refractivity contribution < 1.29 is 8.42 Å². The number of pyridine rings is 1. The molecular weight excluding hydrogens is 348 g/mol. The number of sulfonamides is 1. The molecule has 0 spiro atoms. The van der Waals surface area contributed by atoms with E-state index >= 15 is 0 Å². The van der Waals surface area contributed by atoms with Gasteiger partial charge in [0.15, 0.2) is 0 Å². The lowest BCUT2D eigenvalue weighted by Gasteiger charge is -2.24. The van der Waals surface area contributed by atoms with Gasteiger partial charge in [0, 0.05) is 19.3 Å². The van der Waals surface area contributed by atoms with Crippen LogP contribution in [-0.2, 0) is 10.0 Å². The summed E-state index contributed by atoms with van der Waals surface area (Å²) in [5, 5.41) is 0.334. The summed E-state index contributed by atoms with van der Waals surface area (Å²) in [6.07, 6.45) is 2.91. The van der Waals surface area contributed by atoms with E-state index in [1.165, 1.54) is 6.20 Å². The third-order valence-corrected chi connectivity index (χ3v) is 5.91. The van der Waals surface area contributed by atoms with Gasteiger partial charge >= 0.3 is 0 Å². The number of aryl methyl sites for hydroxylation is 1. The molecule has 0 saturated carbocycles. The van der Waals surface area contributed by atoms with Crippen molar-refractivity contribution in [3.63, 3.8) is 0 Å². The predicted octanol–water partition coefficient (Wildman–Crippen LogP) is 1.94. The fourth-order valence-electron chi connectivity index (χ4n) is 2.30. The Morgan fingerprint density at radius 1 is 1.00 bits per heavy atom. The normalized spacial score (nSPS) is 12.5. The first-order valence-corrected chi connectivity index (χ1v) is 9.88. The van der Waals surface area contributed by atoms with E-state index in [1.54, 1.807) is 17.3 Å². The van der Waals surface area contributed by atoms with Crippen molar-refractivity contribution in [2.24, 2.45) is 0 Å². The van der Waals surface area contributed by atoms with Gasteiger partial charge in [0.1, 0.15) is 10.0 Å². The summed E-state index contributed by atoms with van der Waals surface area (Å²) in [6, 6.07) is 1.59. The Morgan fingerprint density at radius 2 is 1.50 bits per heavy atom. The molecule has 0 amide bonds. The van der Waals surface area contributed by atoms with Crippen LogP contribution >= 0.6 is 11.6 Å². The standard InChI is InChI=1S/C16H29ClN4O2S/c1-14-12-15(13-18-16(14)17)24(22,23)21(10-6-8-19(2)3)11-7-9-20(4)5/h12-13H,6-11H2,1-5H3. The molecule has 0 aromatic carbocycles. The van der Waals surface area contributed by atoms with Gasteiger partial charge in [0.2, 0.25) is 10.0 Å². The minimum absolute atomic E-state index is 0.208. The number of nitrogens with zero attached hydrogens (tertiary/aromatic N) is 4. The SMILES string of the molecule is Cc1cc(S(=O)(=O)N(CCCN(C)C)CCCN(C)C)cnc1Cl. The Hall–Kier alpha value is -0.730. The Balaban J connectivity index is 2.93. The van der Waals surface area contributed by atoms with Gasteiger partial charge in [-0.15, -0.1) is 0 Å². The molecule has 0 N–H and O–H groups in total. The third kappa shape index (κ3) is 6.64. The minimum atomic E-state index is -3.56. The highest BCUT2D eigenvalue weighted by Gasteiger charge is 2.24. The van der Waals surface area contributed by atoms with Crippen LogP contribution in [0.3, 0.4) is 0 Å². The van der Waals surface area contributed by atoms with Crippen LogP contribution in [-0.4, -0.2) is 81.9 Å². The molecule has 0 aliphatic carbocycles. The molecule has 0 radical (unpaired) electrons. The molecule has 0 fully saturated rings. The second-order valence-electron chi connectivity index (χ2n) is 6.50. The largest absolute Gasteiger partial charge is 0.309 e. The highest BCUT2D eigenvalue weighted by molar-refractivity contribution is 7.89. The molecule has 1 aromatic rings. The van der Waals surface area contributed by atoms with Crippen molar-refractivity contribution in [2.75, 3.05) is 54.4 Å². The summed E-state index contributed by atoms with van der Waals surface area (Å²) < 4.78 is 27.5. The van der Waals surface area contributed by atoms with Gasteiger partial charge in [-0.1, -0.05) is 11.6 Å². The molecule has 0 aliphatic heterocycles. The minimum Gasteiger partial charge on any atom is -0.309 e. The third-order valence-electron chi connectivity index (χ3n) is 3.65. The van der Waals surface area contributed by atoms with E-state index in [2.05, 4.69) is 14.8 Å². The smallest absolute Gasteiger partial charge is 0.244 e. The summed E-state index contributed by atoms with van der Waals surface area (Å²) in [5.41, 5.74) is 0.666. The Morgan fingerprint density at radius 3 is 1.92 bits per heavy atom. The summed E-state index contributed by atoms with van der Waals surface area (Å²) in [6.45, 7) is 4.44. The maximum Gasteiger partial charge on any atom is 0.244 e. The fourth-order valence-corrected chi connectivity index (χ4v) is 3.95. The van der Waals surface area contributed by atoms with Crippen molar-refractivity contribution in [3.8, 4) is 0 Å². The van der Waals surface area contributed by atoms with Crippen LogP contribution in [0.4, 0.5) is 0 Å². The zero-order valence-corrected chi connectivity index (χ0v) is 16.9. The van der Waals surface area contributed by atoms with Gasteiger partial charge in [-0.25, -0.2) is 13.4 Å². The maximum absolute atomic E-state index is 13.0. The Labute approximate surface area is 151 Å². The summed E-state index contributed by atoms with van der Waals surface area (Å²) >= 11 is 5.92. The van der Waals surface area contributed by atoms with Crippen molar-refractivity contribution in [2.45, 2.75) is 24.7 Å². The van der Waals surface area contributed by atoms with Crippen LogP contribution in [0.1, 0.15) is 18.4 Å². The van der Waals surface area contributed by atoms with Crippen molar-refractivity contribution in [3.05, 3.63) is 23.0 Å². The number of hydrogen-bond donors (Lipinski definition) is 0. The summed E-state index contributed by atoms with van der Waals surface area (Å²) in [4.78, 5) is 8.30. The lowest BCUT2D eigenvalue weighted by atomic mass is 10.3. The van der Waals surface area contributed by atoms with Gasteiger partial charge in [0.25, 0.3) is 0 Å². The van der Waals surface area contributed by atoms with E-state index in [1.807, 2.05) is 28.2 Å². The fraction of sp³-hybridized carbons (Fsp3) is 0.688.